The fourth-order valence-corrected chi connectivity index (χ4v) is 5.78. The van der Waals surface area contributed by atoms with Crippen LogP contribution in [0.5, 0.6) is 0 Å². The number of benzene rings is 2. The molecule has 196 valence electrons. The monoisotopic (exact) mass is 501 g/mol. The Hall–Kier alpha value is -3.52. The summed E-state index contributed by atoms with van der Waals surface area (Å²) in [6.07, 6.45) is 5.38. The Morgan fingerprint density at radius 1 is 1.05 bits per heavy atom. The first-order valence-electron chi connectivity index (χ1n) is 12.9. The highest BCUT2D eigenvalue weighted by Crippen LogP contribution is 2.47. The fraction of sp³-hybridized carbons (Fsp3) is 0.448. The molecule has 0 spiro atoms. The normalized spacial score (nSPS) is 19.8. The largest absolute Gasteiger partial charge is 0.378 e. The Bertz CT molecular complexity index is 1170. The van der Waals surface area contributed by atoms with Crippen LogP contribution < -0.4 is 11.6 Å². The van der Waals surface area contributed by atoms with Gasteiger partial charge in [0.05, 0.1) is 5.41 Å². The van der Waals surface area contributed by atoms with Gasteiger partial charge in [-0.3, -0.25) is 10.2 Å². The van der Waals surface area contributed by atoms with Gasteiger partial charge in [-0.2, -0.15) is 0 Å². The highest BCUT2D eigenvalue weighted by Gasteiger charge is 2.46. The van der Waals surface area contributed by atoms with Crippen molar-refractivity contribution in [3.8, 4) is 0 Å². The van der Waals surface area contributed by atoms with Crippen molar-refractivity contribution in [3.05, 3.63) is 76.4 Å². The zero-order valence-electron chi connectivity index (χ0n) is 22.4. The lowest BCUT2D eigenvalue weighted by molar-refractivity contribution is 0.0827. The molecule has 0 aliphatic heterocycles. The first-order valence-corrected chi connectivity index (χ1v) is 12.9. The van der Waals surface area contributed by atoms with E-state index in [1.54, 1.807) is 19.0 Å². The third kappa shape index (κ3) is 4.78. The molecule has 8 nitrogen and oxygen atoms in total. The van der Waals surface area contributed by atoms with Gasteiger partial charge in [-0.05, 0) is 84.0 Å². The van der Waals surface area contributed by atoms with E-state index in [4.69, 9.17) is 11.6 Å². The van der Waals surface area contributed by atoms with Gasteiger partial charge >= 0.3 is 0 Å². The third-order valence-electron chi connectivity index (χ3n) is 8.18. The second-order valence-electron chi connectivity index (χ2n) is 10.8. The maximum atomic E-state index is 12.8. The van der Waals surface area contributed by atoms with E-state index in [0.29, 0.717) is 17.9 Å². The number of rotatable bonds is 7. The lowest BCUT2D eigenvalue weighted by atomic mass is 9.64. The minimum atomic E-state index is -0.934. The van der Waals surface area contributed by atoms with E-state index in [0.717, 1.165) is 59.2 Å². The molecule has 4 rings (SSSR count). The molecular weight excluding hydrogens is 462 g/mol. The van der Waals surface area contributed by atoms with Crippen LogP contribution in [-0.4, -0.2) is 55.8 Å². The van der Waals surface area contributed by atoms with E-state index in [2.05, 4.69) is 35.1 Å². The Kier molecular flexibility index (Phi) is 7.50. The Balaban J connectivity index is 1.97. The van der Waals surface area contributed by atoms with Crippen molar-refractivity contribution in [2.45, 2.75) is 50.0 Å². The molecule has 1 saturated carbocycles. The zero-order chi connectivity index (χ0) is 26.9. The number of fused-ring (bicyclic) bond motifs is 2. The molecule has 1 amide bonds. The highest BCUT2D eigenvalue weighted by atomic mass is 16.2. The molecule has 37 heavy (non-hydrogen) atoms. The summed E-state index contributed by atoms with van der Waals surface area (Å²) in [6, 6.07) is 12.0. The molecule has 0 aromatic heterocycles. The summed E-state index contributed by atoms with van der Waals surface area (Å²) >= 11 is 0. The van der Waals surface area contributed by atoms with Gasteiger partial charge in [0.2, 0.25) is 0 Å². The molecule has 0 bridgehead atoms. The quantitative estimate of drug-likeness (QED) is 0.173. The summed E-state index contributed by atoms with van der Waals surface area (Å²) in [4.78, 5) is 16.4. The number of aryl methyl sites for hydroxylation is 2. The van der Waals surface area contributed by atoms with Crippen LogP contribution in [0.25, 0.3) is 5.70 Å². The summed E-state index contributed by atoms with van der Waals surface area (Å²) in [5.41, 5.74) is 12.6. The maximum absolute atomic E-state index is 12.8. The second kappa shape index (κ2) is 10.5. The molecule has 0 heterocycles. The smallest absolute Gasteiger partial charge is 0.253 e. The zero-order valence-corrected chi connectivity index (χ0v) is 22.4. The topological polar surface area (TPSA) is 124 Å². The first kappa shape index (κ1) is 26.5. The van der Waals surface area contributed by atoms with Crippen LogP contribution in [0.1, 0.15) is 63.9 Å². The van der Waals surface area contributed by atoms with Crippen LogP contribution in [0.2, 0.25) is 0 Å². The predicted molar refractivity (Wildman–Crippen MR) is 149 cm³/mol. The number of amides is 1. The molecule has 2 aromatic carbocycles. The average molecular weight is 502 g/mol. The summed E-state index contributed by atoms with van der Waals surface area (Å²) in [5.74, 6) is 5.95. The third-order valence-corrected chi connectivity index (χ3v) is 8.18. The van der Waals surface area contributed by atoms with Gasteiger partial charge in [0.15, 0.2) is 5.84 Å². The molecule has 0 saturated heterocycles. The van der Waals surface area contributed by atoms with Crippen LogP contribution in [0.3, 0.4) is 0 Å². The SMILES string of the molecule is C=C(c1ccc2c(c1)CCc1cc(C(=O)N(C)C)ccc1C2(C[C@@H](N)C1CCC1)C(=N)N=NN)N(C)C. The van der Waals surface area contributed by atoms with Gasteiger partial charge in [0, 0.05) is 45.5 Å². The van der Waals surface area contributed by atoms with Crippen molar-refractivity contribution in [2.75, 3.05) is 28.2 Å². The van der Waals surface area contributed by atoms with E-state index in [1.165, 1.54) is 6.42 Å². The van der Waals surface area contributed by atoms with Crippen molar-refractivity contribution < 1.29 is 4.79 Å². The fourth-order valence-electron chi connectivity index (χ4n) is 5.78. The summed E-state index contributed by atoms with van der Waals surface area (Å²) < 4.78 is 0. The summed E-state index contributed by atoms with van der Waals surface area (Å²) in [7, 11) is 7.46. The molecule has 5 N–H and O–H groups in total. The number of carbonyl (C=O) groups is 1. The number of carbonyl (C=O) groups excluding carboxylic acids is 1. The van der Waals surface area contributed by atoms with Crippen LogP contribution in [0, 0.1) is 11.3 Å². The van der Waals surface area contributed by atoms with Crippen molar-refractivity contribution in [3.63, 3.8) is 0 Å². The van der Waals surface area contributed by atoms with Crippen molar-refractivity contribution >= 4 is 17.4 Å². The molecule has 1 unspecified atom stereocenters. The molecule has 2 atom stereocenters. The van der Waals surface area contributed by atoms with Crippen LogP contribution in [-0.2, 0) is 18.3 Å². The lowest BCUT2D eigenvalue weighted by Crippen LogP contribution is -2.46. The molecule has 2 aromatic rings. The first-order chi connectivity index (χ1) is 17.6. The van der Waals surface area contributed by atoms with Crippen molar-refractivity contribution in [2.24, 2.45) is 27.8 Å². The minimum Gasteiger partial charge on any atom is -0.378 e. The Labute approximate surface area is 219 Å². The standard InChI is InChI=1S/C29H39N7O/c1-18(35(2)3)20-11-13-24-21(15-20)9-10-22-16-23(27(37)36(4)5)12-14-25(22)29(24,28(31)33-34-32)17-26(30)19-7-6-8-19/h11-16,19,26H,1,6-10,17,30H2,2-5H3,(H3,31,32,33)/t26-,29?/m1/s1. The molecule has 2 aliphatic rings. The van der Waals surface area contributed by atoms with E-state index < -0.39 is 5.41 Å². The minimum absolute atomic E-state index is 0.0531. The van der Waals surface area contributed by atoms with Crippen LogP contribution in [0.4, 0.5) is 0 Å². The van der Waals surface area contributed by atoms with Crippen LogP contribution in [0.15, 0.2) is 53.3 Å². The van der Waals surface area contributed by atoms with Gasteiger partial charge in [-0.1, -0.05) is 36.4 Å². The summed E-state index contributed by atoms with van der Waals surface area (Å²) in [6.45, 7) is 4.25. The van der Waals surface area contributed by atoms with Gasteiger partial charge < -0.3 is 21.4 Å². The van der Waals surface area contributed by atoms with E-state index in [-0.39, 0.29) is 17.8 Å². The second-order valence-corrected chi connectivity index (χ2v) is 10.8. The van der Waals surface area contributed by atoms with E-state index in [1.807, 2.05) is 37.2 Å². The summed E-state index contributed by atoms with van der Waals surface area (Å²) in [5, 5.41) is 16.9. The molecule has 2 aliphatic carbocycles. The highest BCUT2D eigenvalue weighted by molar-refractivity contribution is 5.97. The molecule has 1 fully saturated rings. The van der Waals surface area contributed by atoms with Crippen LogP contribution >= 0.6 is 0 Å². The maximum Gasteiger partial charge on any atom is 0.253 e. The van der Waals surface area contributed by atoms with Crippen molar-refractivity contribution in [1.29, 1.82) is 5.41 Å². The number of amidine groups is 1. The van der Waals surface area contributed by atoms with E-state index in [9.17, 15) is 10.2 Å². The number of hydrogen-bond acceptors (Lipinski definition) is 5. The predicted octanol–water partition coefficient (Wildman–Crippen LogP) is 4.13. The number of hydrogen-bond donors (Lipinski definition) is 3. The van der Waals surface area contributed by atoms with Gasteiger partial charge in [-0.15, -0.1) is 5.11 Å². The van der Waals surface area contributed by atoms with Crippen molar-refractivity contribution in [1.82, 2.24) is 9.80 Å². The Morgan fingerprint density at radius 3 is 2.11 bits per heavy atom. The number of nitrogens with two attached hydrogens (primary N) is 2. The Morgan fingerprint density at radius 2 is 1.62 bits per heavy atom. The lowest BCUT2D eigenvalue weighted by Gasteiger charge is -2.41. The number of nitrogens with zero attached hydrogens (tertiary/aromatic N) is 4. The van der Waals surface area contributed by atoms with Gasteiger partial charge in [0.1, 0.15) is 0 Å². The molecule has 8 heteroatoms. The number of nitrogens with one attached hydrogen (secondary N) is 1. The van der Waals surface area contributed by atoms with E-state index >= 15 is 0 Å². The van der Waals surface area contributed by atoms with Gasteiger partial charge in [0.25, 0.3) is 5.91 Å². The van der Waals surface area contributed by atoms with Gasteiger partial charge in [-0.25, -0.2) is 0 Å². The molecular formula is C29H39N7O. The average Bonchev–Trinajstić information content (AvgIpc) is 2.96. The molecule has 0 radical (unpaired) electrons.